The lowest BCUT2D eigenvalue weighted by Gasteiger charge is -2.24. The maximum Gasteiger partial charge on any atom is 0.410 e. The van der Waals surface area contributed by atoms with E-state index in [0.29, 0.717) is 35.9 Å². The molecular weight excluding hydrogens is 536 g/mol. The van der Waals surface area contributed by atoms with Crippen LogP contribution in [-0.4, -0.2) is 65.6 Å². The molecule has 10 heteroatoms. The molecule has 41 heavy (non-hydrogen) atoms. The van der Waals surface area contributed by atoms with E-state index in [0.717, 1.165) is 36.5 Å². The quantitative estimate of drug-likeness (QED) is 0.411. The van der Waals surface area contributed by atoms with Crippen LogP contribution in [0.15, 0.2) is 48.5 Å². The van der Waals surface area contributed by atoms with Gasteiger partial charge in [-0.05, 0) is 63.7 Å². The van der Waals surface area contributed by atoms with E-state index in [4.69, 9.17) is 4.74 Å². The number of likely N-dealkylation sites (N-methyl/N-ethyl adjacent to an activating group) is 1. The molecule has 3 aromatic rings. The molecular formula is C31H36N6O3S. The maximum absolute atomic E-state index is 13.3. The average molecular weight is 573 g/mol. The van der Waals surface area contributed by atoms with Crippen LogP contribution in [0.25, 0.3) is 0 Å². The number of carbonyl (C=O) groups is 2. The normalized spacial score (nSPS) is 18.9. The van der Waals surface area contributed by atoms with Crippen LogP contribution in [-0.2, 0) is 17.7 Å². The molecule has 2 N–H and O–H groups in total. The molecule has 2 unspecified atom stereocenters. The number of amides is 2. The van der Waals surface area contributed by atoms with Gasteiger partial charge in [-0.2, -0.15) is 5.26 Å². The van der Waals surface area contributed by atoms with Crippen LogP contribution in [0.5, 0.6) is 0 Å². The molecule has 9 nitrogen and oxygen atoms in total. The number of rotatable bonds is 6. The summed E-state index contributed by atoms with van der Waals surface area (Å²) in [6, 6.07) is 17.2. The first kappa shape index (κ1) is 28.6. The SMILES string of the molecule is CN1CCc2nc(NC(=O)c3cccc(C4CN(C(=O)OC(C)(C)C)CC4CNc4cccc(C#N)c4)c3)sc2C1. The number of nitrogens with one attached hydrogen (secondary N) is 2. The number of carbonyl (C=O) groups excluding carboxylic acids is 2. The third-order valence-corrected chi connectivity index (χ3v) is 8.37. The Morgan fingerprint density at radius 3 is 2.76 bits per heavy atom. The highest BCUT2D eigenvalue weighted by Crippen LogP contribution is 2.35. The molecule has 0 saturated carbocycles. The van der Waals surface area contributed by atoms with Crippen LogP contribution >= 0.6 is 11.3 Å². The van der Waals surface area contributed by atoms with E-state index in [1.807, 2.05) is 57.2 Å². The molecule has 5 rings (SSSR count). The number of likely N-dealkylation sites (tertiary alicyclic amines) is 1. The minimum Gasteiger partial charge on any atom is -0.444 e. The van der Waals surface area contributed by atoms with Crippen molar-refractivity contribution in [2.24, 2.45) is 5.92 Å². The van der Waals surface area contributed by atoms with Gasteiger partial charge >= 0.3 is 6.09 Å². The summed E-state index contributed by atoms with van der Waals surface area (Å²) >= 11 is 1.54. The van der Waals surface area contributed by atoms with Crippen LogP contribution < -0.4 is 10.6 Å². The molecule has 0 spiro atoms. The standard InChI is InChI=1S/C31H36N6O3S/c1-31(2,3)40-30(39)37-17-23(16-33-24-10-5-7-20(13-24)15-32)25(18-37)21-8-6-9-22(14-21)28(38)35-29-34-26-11-12-36(4)19-27(26)41-29/h5-10,13-14,23,25,33H,11-12,16-19H2,1-4H3,(H,34,35,38). The molecule has 2 aliphatic heterocycles. The largest absolute Gasteiger partial charge is 0.444 e. The van der Waals surface area contributed by atoms with Crippen molar-refractivity contribution < 1.29 is 14.3 Å². The first-order valence-corrected chi connectivity index (χ1v) is 14.7. The number of fused-ring (bicyclic) bond motifs is 1. The van der Waals surface area contributed by atoms with Crippen molar-refractivity contribution in [1.29, 1.82) is 5.26 Å². The summed E-state index contributed by atoms with van der Waals surface area (Å²) in [4.78, 5) is 36.1. The van der Waals surface area contributed by atoms with Gasteiger partial charge in [-0.1, -0.05) is 18.2 Å². The Balaban J connectivity index is 1.33. The average Bonchev–Trinajstić information content (AvgIpc) is 3.55. The minimum atomic E-state index is -0.594. The number of ether oxygens (including phenoxy) is 1. The minimum absolute atomic E-state index is 0.00960. The Hall–Kier alpha value is -3.94. The predicted molar refractivity (Wildman–Crippen MR) is 160 cm³/mol. The van der Waals surface area contributed by atoms with Crippen molar-refractivity contribution in [2.75, 3.05) is 43.9 Å². The number of nitriles is 1. The molecule has 1 aromatic heterocycles. The summed E-state index contributed by atoms with van der Waals surface area (Å²) in [5.41, 5.74) is 3.45. The van der Waals surface area contributed by atoms with Crippen LogP contribution in [0.2, 0.25) is 0 Å². The second kappa shape index (κ2) is 11.9. The Morgan fingerprint density at radius 1 is 1.17 bits per heavy atom. The Bertz CT molecular complexity index is 1470. The summed E-state index contributed by atoms with van der Waals surface area (Å²) < 4.78 is 5.67. The van der Waals surface area contributed by atoms with Crippen LogP contribution in [0, 0.1) is 17.2 Å². The first-order valence-electron chi connectivity index (χ1n) is 13.9. The zero-order valence-electron chi connectivity index (χ0n) is 23.9. The first-order chi connectivity index (χ1) is 19.6. The van der Waals surface area contributed by atoms with Gasteiger partial charge in [0.2, 0.25) is 0 Å². The van der Waals surface area contributed by atoms with E-state index in [1.54, 1.807) is 17.0 Å². The fourth-order valence-corrected chi connectivity index (χ4v) is 6.42. The fraction of sp³-hybridized carbons (Fsp3) is 0.419. The summed E-state index contributed by atoms with van der Waals surface area (Å²) in [5, 5.41) is 16.3. The molecule has 2 aliphatic rings. The third-order valence-electron chi connectivity index (χ3n) is 7.37. The van der Waals surface area contributed by atoms with Gasteiger partial charge in [0.25, 0.3) is 5.91 Å². The summed E-state index contributed by atoms with van der Waals surface area (Å²) in [5.74, 6) is -0.143. The number of hydrogen-bond donors (Lipinski definition) is 2. The highest BCUT2D eigenvalue weighted by Gasteiger charge is 2.38. The molecule has 1 saturated heterocycles. The zero-order chi connectivity index (χ0) is 29.1. The van der Waals surface area contributed by atoms with Crippen molar-refractivity contribution in [3.8, 4) is 6.07 Å². The predicted octanol–water partition coefficient (Wildman–Crippen LogP) is 5.32. The van der Waals surface area contributed by atoms with Crippen molar-refractivity contribution in [3.05, 3.63) is 75.8 Å². The van der Waals surface area contributed by atoms with Gasteiger partial charge in [0.05, 0.1) is 17.3 Å². The highest BCUT2D eigenvalue weighted by molar-refractivity contribution is 7.15. The van der Waals surface area contributed by atoms with E-state index in [9.17, 15) is 14.9 Å². The Morgan fingerprint density at radius 2 is 1.98 bits per heavy atom. The lowest BCUT2D eigenvalue weighted by molar-refractivity contribution is 0.0287. The molecule has 0 bridgehead atoms. The Kier molecular flexibility index (Phi) is 8.29. The molecule has 0 radical (unpaired) electrons. The van der Waals surface area contributed by atoms with Crippen molar-refractivity contribution in [3.63, 3.8) is 0 Å². The fourth-order valence-electron chi connectivity index (χ4n) is 5.34. The van der Waals surface area contributed by atoms with E-state index < -0.39 is 5.60 Å². The van der Waals surface area contributed by atoms with Crippen LogP contribution in [0.3, 0.4) is 0 Å². The lowest BCUT2D eigenvalue weighted by atomic mass is 9.88. The van der Waals surface area contributed by atoms with Gasteiger partial charge in [-0.25, -0.2) is 9.78 Å². The van der Waals surface area contributed by atoms with Gasteiger partial charge in [0.15, 0.2) is 5.13 Å². The van der Waals surface area contributed by atoms with E-state index >= 15 is 0 Å². The number of thiazole rings is 1. The van der Waals surface area contributed by atoms with Crippen LogP contribution in [0.1, 0.15) is 58.7 Å². The van der Waals surface area contributed by atoms with Gasteiger partial charge in [0, 0.05) is 67.1 Å². The van der Waals surface area contributed by atoms with Gasteiger partial charge in [-0.3, -0.25) is 10.1 Å². The Labute approximate surface area is 245 Å². The second-order valence-corrected chi connectivity index (χ2v) is 12.9. The molecule has 3 heterocycles. The number of nitrogens with zero attached hydrogens (tertiary/aromatic N) is 4. The summed E-state index contributed by atoms with van der Waals surface area (Å²) in [6.45, 7) is 8.99. The number of anilines is 2. The number of aromatic nitrogens is 1. The molecule has 0 aliphatic carbocycles. The van der Waals surface area contributed by atoms with E-state index in [-0.39, 0.29) is 23.8 Å². The van der Waals surface area contributed by atoms with Gasteiger partial charge in [-0.15, -0.1) is 11.3 Å². The zero-order valence-corrected chi connectivity index (χ0v) is 24.8. The molecule has 2 atom stereocenters. The molecule has 1 fully saturated rings. The van der Waals surface area contributed by atoms with E-state index in [1.165, 1.54) is 16.2 Å². The summed E-state index contributed by atoms with van der Waals surface area (Å²) in [7, 11) is 2.09. The third kappa shape index (κ3) is 7.04. The van der Waals surface area contributed by atoms with Crippen molar-refractivity contribution >= 4 is 34.2 Å². The van der Waals surface area contributed by atoms with Crippen LogP contribution in [0.4, 0.5) is 15.6 Å². The second-order valence-electron chi connectivity index (χ2n) is 11.8. The van der Waals surface area contributed by atoms with Crippen molar-refractivity contribution in [1.82, 2.24) is 14.8 Å². The monoisotopic (exact) mass is 572 g/mol. The number of hydrogen-bond acceptors (Lipinski definition) is 8. The van der Waals surface area contributed by atoms with Gasteiger partial charge in [0.1, 0.15) is 5.60 Å². The molecule has 214 valence electrons. The number of benzene rings is 2. The maximum atomic E-state index is 13.3. The van der Waals surface area contributed by atoms with Crippen molar-refractivity contribution in [2.45, 2.75) is 45.3 Å². The molecule has 2 aromatic carbocycles. The summed E-state index contributed by atoms with van der Waals surface area (Å²) in [6.07, 6.45) is 0.545. The topological polar surface area (TPSA) is 111 Å². The molecule has 2 amide bonds. The van der Waals surface area contributed by atoms with E-state index in [2.05, 4.69) is 33.6 Å². The van der Waals surface area contributed by atoms with Gasteiger partial charge < -0.3 is 19.9 Å². The smallest absolute Gasteiger partial charge is 0.410 e. The highest BCUT2D eigenvalue weighted by atomic mass is 32.1. The lowest BCUT2D eigenvalue weighted by Crippen LogP contribution is -2.35.